The van der Waals surface area contributed by atoms with Gasteiger partial charge >= 0.3 is 5.97 Å². The Hall–Kier alpha value is -5.64. The molecule has 7 amide bonds. The van der Waals surface area contributed by atoms with E-state index in [4.69, 9.17) is 11.5 Å². The molecule has 0 bridgehead atoms. The number of rotatable bonds is 30. The molecule has 1 aliphatic rings. The van der Waals surface area contributed by atoms with Crippen molar-refractivity contribution in [3.63, 3.8) is 0 Å². The molecule has 2 unspecified atom stereocenters. The second kappa shape index (κ2) is 28.5. The second-order valence-electron chi connectivity index (χ2n) is 18.7. The van der Waals surface area contributed by atoms with Crippen molar-refractivity contribution >= 4 is 70.4 Å². The van der Waals surface area contributed by atoms with Crippen LogP contribution in [0.3, 0.4) is 0 Å². The molecular formula is C45H75N9O13. The van der Waals surface area contributed by atoms with E-state index in [0.29, 0.717) is 25.0 Å². The van der Waals surface area contributed by atoms with Gasteiger partial charge in [-0.15, -0.1) is 0 Å². The van der Waals surface area contributed by atoms with Crippen LogP contribution >= 0.6 is 0 Å². The highest BCUT2D eigenvalue weighted by Gasteiger charge is 2.42. The van der Waals surface area contributed by atoms with E-state index >= 15 is 0 Å². The minimum Gasteiger partial charge on any atom is -0.481 e. The molecule has 0 aliphatic heterocycles. The standard InChI is InChI=1S/C45H75N9O13/c1-10-24(4)38(44(67)53-32(22-55)27(7)56)54-40(63)26(6)49-41(64)30(15-17-36(60)61)52-42(65)28(51-43(66)29(14-16-35(47)59)50-39(62)25(5)46)13-11-12-18-48-31(19-23(2)3)37-33(57)20-45(8,9)21-34(37)58/h23-26,28-30,32,37-38,55H,10-22,46H2,1-9H3,(H2,47,59)(H,49,64)(H,50,62)(H,51,66)(H,52,65)(H,53,67)(H,54,63)(H,60,61)/t24?,25-,26-,28?,29-,30-,32-,38-/m0/s1. The van der Waals surface area contributed by atoms with E-state index in [2.05, 4.69) is 36.9 Å². The van der Waals surface area contributed by atoms with Crippen molar-refractivity contribution in [1.82, 2.24) is 31.9 Å². The number of hydrogen-bond acceptors (Lipinski definition) is 14. The summed E-state index contributed by atoms with van der Waals surface area (Å²) in [7, 11) is 0. The third-order valence-corrected chi connectivity index (χ3v) is 11.3. The van der Waals surface area contributed by atoms with Crippen LogP contribution in [0, 0.1) is 23.2 Å². The van der Waals surface area contributed by atoms with Crippen LogP contribution in [0.25, 0.3) is 0 Å². The number of ketones is 3. The lowest BCUT2D eigenvalue weighted by atomic mass is 9.69. The van der Waals surface area contributed by atoms with E-state index in [1.165, 1.54) is 20.8 Å². The first-order valence-electron chi connectivity index (χ1n) is 22.9. The molecule has 0 aromatic carbocycles. The summed E-state index contributed by atoms with van der Waals surface area (Å²) in [6, 6.07) is -9.25. The molecule has 0 spiro atoms. The van der Waals surface area contributed by atoms with Crippen molar-refractivity contribution in [2.75, 3.05) is 13.2 Å². The number of aliphatic hydroxyl groups is 1. The molecule has 0 aromatic heterocycles. The van der Waals surface area contributed by atoms with E-state index in [1.54, 1.807) is 13.8 Å². The quantitative estimate of drug-likeness (QED) is 0.0241. The Morgan fingerprint density at radius 1 is 0.701 bits per heavy atom. The van der Waals surface area contributed by atoms with E-state index < -0.39 is 132 Å². The molecule has 0 heterocycles. The maximum atomic E-state index is 14.1. The first-order valence-corrected chi connectivity index (χ1v) is 22.9. The van der Waals surface area contributed by atoms with Gasteiger partial charge in [0, 0.05) is 37.9 Å². The number of nitrogens with zero attached hydrogens (tertiary/aromatic N) is 1. The average Bonchev–Trinajstić information content (AvgIpc) is 3.21. The number of primary amides is 1. The number of hydrogen-bond donors (Lipinski definition) is 10. The fourth-order valence-electron chi connectivity index (χ4n) is 7.24. The Kier molecular flexibility index (Phi) is 25.3. The summed E-state index contributed by atoms with van der Waals surface area (Å²) in [5.41, 5.74) is 11.0. The van der Waals surface area contributed by atoms with Crippen molar-refractivity contribution in [3.8, 4) is 0 Å². The largest absolute Gasteiger partial charge is 0.481 e. The zero-order valence-electron chi connectivity index (χ0n) is 40.5. The van der Waals surface area contributed by atoms with Gasteiger partial charge in [0.25, 0.3) is 0 Å². The van der Waals surface area contributed by atoms with Gasteiger partial charge in [0.05, 0.1) is 12.6 Å². The number of aliphatic hydroxyl groups excluding tert-OH is 1. The Morgan fingerprint density at radius 2 is 1.19 bits per heavy atom. The minimum atomic E-state index is -1.59. The number of aliphatic carboxylic acids is 1. The average molecular weight is 950 g/mol. The lowest BCUT2D eigenvalue weighted by Crippen LogP contribution is -2.60. The number of carbonyl (C=O) groups excluding carboxylic acids is 10. The van der Waals surface area contributed by atoms with Crippen molar-refractivity contribution in [2.24, 2.45) is 39.6 Å². The number of nitrogens with two attached hydrogens (primary N) is 2. The van der Waals surface area contributed by atoms with Crippen LogP contribution in [0.1, 0.15) is 133 Å². The molecule has 12 N–H and O–H groups in total. The van der Waals surface area contributed by atoms with Crippen molar-refractivity contribution in [3.05, 3.63) is 0 Å². The Labute approximate surface area is 392 Å². The van der Waals surface area contributed by atoms with E-state index in [9.17, 15) is 63.0 Å². The van der Waals surface area contributed by atoms with Crippen LogP contribution in [0.4, 0.5) is 0 Å². The van der Waals surface area contributed by atoms with E-state index in [-0.39, 0.29) is 62.6 Å². The minimum absolute atomic E-state index is 0.0822. The third kappa shape index (κ3) is 21.2. The van der Waals surface area contributed by atoms with Gasteiger partial charge < -0.3 is 53.6 Å². The maximum absolute atomic E-state index is 14.1. The van der Waals surface area contributed by atoms with E-state index in [0.717, 1.165) is 0 Å². The number of amides is 7. The molecule has 67 heavy (non-hydrogen) atoms. The van der Waals surface area contributed by atoms with Gasteiger partial charge in [0.1, 0.15) is 53.7 Å². The molecular weight excluding hydrogens is 875 g/mol. The number of nitrogens with one attached hydrogen (secondary N) is 6. The fourth-order valence-corrected chi connectivity index (χ4v) is 7.24. The van der Waals surface area contributed by atoms with Crippen LogP contribution in [-0.4, -0.2) is 136 Å². The first kappa shape index (κ1) is 59.4. The van der Waals surface area contributed by atoms with Gasteiger partial charge in [0.2, 0.25) is 41.4 Å². The van der Waals surface area contributed by atoms with Crippen LogP contribution in [0.5, 0.6) is 0 Å². The molecule has 378 valence electrons. The monoisotopic (exact) mass is 950 g/mol. The van der Waals surface area contributed by atoms with Gasteiger partial charge in [-0.05, 0) is 76.5 Å². The predicted molar refractivity (Wildman–Crippen MR) is 246 cm³/mol. The van der Waals surface area contributed by atoms with Gasteiger partial charge in [0.15, 0.2) is 5.78 Å². The van der Waals surface area contributed by atoms with Crippen LogP contribution < -0.4 is 43.4 Å². The summed E-state index contributed by atoms with van der Waals surface area (Å²) in [6.45, 7) is 14.3. The number of carbonyl (C=O) groups is 11. The smallest absolute Gasteiger partial charge is 0.303 e. The van der Waals surface area contributed by atoms with Crippen LogP contribution in [-0.2, 0) is 52.7 Å². The SMILES string of the molecule is CCC(C)[C@H](NC(=O)[C@H](C)NC(=O)[C@H](CCC(=O)O)NC(=O)C(CCCCN=C(CC(C)C)C1C(=O)CC(C)(C)CC1=O)NC(=O)[C@H](CCC(N)=O)NC(=O)[C@H](C)N)C(=O)N[C@@H](CO)C(C)=O. The maximum Gasteiger partial charge on any atom is 0.303 e. The predicted octanol–water partition coefficient (Wildman–Crippen LogP) is -0.748. The number of carboxylic acid groups (broad SMARTS) is 1. The molecule has 0 aromatic rings. The summed E-state index contributed by atoms with van der Waals surface area (Å²) < 4.78 is 0. The lowest BCUT2D eigenvalue weighted by molar-refractivity contribution is -0.139. The Balaban J connectivity index is 3.46. The topological polar surface area (TPSA) is 365 Å². The van der Waals surface area contributed by atoms with Gasteiger partial charge in [-0.2, -0.15) is 0 Å². The summed E-state index contributed by atoms with van der Waals surface area (Å²) in [5, 5.41) is 33.8. The molecule has 8 atom stereocenters. The van der Waals surface area contributed by atoms with Gasteiger partial charge in [-0.1, -0.05) is 48.0 Å². The zero-order chi connectivity index (χ0) is 51.3. The van der Waals surface area contributed by atoms with Crippen molar-refractivity contribution < 1.29 is 63.0 Å². The van der Waals surface area contributed by atoms with Crippen molar-refractivity contribution in [2.45, 2.75) is 175 Å². The molecule has 1 saturated carbocycles. The number of carboxylic acids is 1. The summed E-state index contributed by atoms with van der Waals surface area (Å²) in [6.07, 6.45) is -0.0118. The summed E-state index contributed by atoms with van der Waals surface area (Å²) in [4.78, 5) is 147. The highest BCUT2D eigenvalue weighted by atomic mass is 16.4. The highest BCUT2D eigenvalue weighted by molar-refractivity contribution is 6.22. The Morgan fingerprint density at radius 3 is 1.66 bits per heavy atom. The first-order chi connectivity index (χ1) is 31.1. The van der Waals surface area contributed by atoms with Gasteiger partial charge in [-0.25, -0.2) is 0 Å². The van der Waals surface area contributed by atoms with Crippen molar-refractivity contribution in [1.29, 1.82) is 0 Å². The molecule has 0 saturated heterocycles. The molecule has 22 nitrogen and oxygen atoms in total. The number of unbranched alkanes of at least 4 members (excludes halogenated alkanes) is 1. The molecule has 0 radical (unpaired) electrons. The molecule has 1 rings (SSSR count). The molecule has 1 fully saturated rings. The normalized spacial score (nSPS) is 17.6. The lowest BCUT2D eigenvalue weighted by Gasteiger charge is -2.33. The summed E-state index contributed by atoms with van der Waals surface area (Å²) in [5.74, 6) is -9.55. The molecule has 22 heteroatoms. The summed E-state index contributed by atoms with van der Waals surface area (Å²) >= 11 is 0. The molecule has 1 aliphatic carbocycles. The highest BCUT2D eigenvalue weighted by Crippen LogP contribution is 2.35. The van der Waals surface area contributed by atoms with Crippen LogP contribution in [0.15, 0.2) is 4.99 Å². The zero-order valence-corrected chi connectivity index (χ0v) is 40.5. The second-order valence-corrected chi connectivity index (χ2v) is 18.7. The van der Waals surface area contributed by atoms with Crippen LogP contribution in [0.2, 0.25) is 0 Å². The van der Waals surface area contributed by atoms with E-state index in [1.807, 2.05) is 27.7 Å². The Bertz CT molecular complexity index is 1810. The fraction of sp³-hybridized carbons (Fsp3) is 0.733. The number of Topliss-reactive ketones (excluding diaryl/α,β-unsaturated/α-hetero) is 3. The third-order valence-electron chi connectivity index (χ3n) is 11.3. The number of aliphatic imine (C=N–C) groups is 1. The van der Waals surface area contributed by atoms with Gasteiger partial charge in [-0.3, -0.25) is 57.7 Å².